The molecule has 1 aliphatic carbocycles. The lowest BCUT2D eigenvalue weighted by Crippen LogP contribution is -2.35. The van der Waals surface area contributed by atoms with E-state index in [4.69, 9.17) is 11.6 Å². The number of hydrogen-bond donors (Lipinski definition) is 1. The molecule has 1 aromatic heterocycles. The number of benzene rings is 1. The predicted octanol–water partition coefficient (Wildman–Crippen LogP) is 2.99. The number of carbonyl (C=O) groups is 2. The van der Waals surface area contributed by atoms with E-state index >= 15 is 0 Å². The number of nitrogens with zero attached hydrogens (tertiary/aromatic N) is 4. The molecule has 4 rings (SSSR count). The quantitative estimate of drug-likeness (QED) is 0.833. The summed E-state index contributed by atoms with van der Waals surface area (Å²) in [6.45, 7) is 3.82. The minimum atomic E-state index is -0.119. The largest absolute Gasteiger partial charge is 0.344 e. The van der Waals surface area contributed by atoms with E-state index in [0.29, 0.717) is 23.6 Å². The maximum absolute atomic E-state index is 12.8. The van der Waals surface area contributed by atoms with Crippen molar-refractivity contribution < 1.29 is 9.59 Å². The molecule has 2 fully saturated rings. The molecule has 0 bridgehead atoms. The highest BCUT2D eigenvalue weighted by Crippen LogP contribution is 2.38. The van der Waals surface area contributed by atoms with E-state index in [-0.39, 0.29) is 11.9 Å². The van der Waals surface area contributed by atoms with Gasteiger partial charge in [0.05, 0.1) is 18.1 Å². The first-order valence-electron chi connectivity index (χ1n) is 9.97. The summed E-state index contributed by atoms with van der Waals surface area (Å²) in [5.74, 6) is 0.945. The van der Waals surface area contributed by atoms with E-state index < -0.39 is 0 Å². The van der Waals surface area contributed by atoms with Crippen LogP contribution in [0.1, 0.15) is 25.3 Å². The number of likely N-dealkylation sites (tertiary alicyclic amines) is 1. The van der Waals surface area contributed by atoms with Crippen molar-refractivity contribution in [3.05, 3.63) is 47.2 Å². The van der Waals surface area contributed by atoms with Gasteiger partial charge in [0.2, 0.25) is 5.91 Å². The van der Waals surface area contributed by atoms with Gasteiger partial charge in [-0.2, -0.15) is 9.78 Å². The van der Waals surface area contributed by atoms with Crippen molar-refractivity contribution in [3.63, 3.8) is 0 Å². The molecule has 8 heteroatoms. The number of halogens is 1. The van der Waals surface area contributed by atoms with Crippen molar-refractivity contribution in [1.29, 1.82) is 0 Å². The zero-order valence-electron chi connectivity index (χ0n) is 16.7. The summed E-state index contributed by atoms with van der Waals surface area (Å²) in [5.41, 5.74) is 1.81. The van der Waals surface area contributed by atoms with Gasteiger partial charge in [0, 0.05) is 44.7 Å². The number of rotatable bonds is 4. The molecule has 2 aromatic rings. The maximum Gasteiger partial charge on any atom is 0.344 e. The third-order valence-electron chi connectivity index (χ3n) is 6.13. The second kappa shape index (κ2) is 8.16. The highest BCUT2D eigenvalue weighted by Gasteiger charge is 2.42. The summed E-state index contributed by atoms with van der Waals surface area (Å²) in [6.07, 6.45) is 5.32. The second-order valence-corrected chi connectivity index (χ2v) is 8.54. The van der Waals surface area contributed by atoms with E-state index in [1.807, 2.05) is 23.1 Å². The van der Waals surface area contributed by atoms with Crippen LogP contribution in [0, 0.1) is 11.8 Å². The fraction of sp³-hybridized carbons (Fsp3) is 0.476. The standard InChI is InChI=1S/C21H26ClN5O2/c1-14(28)25(2)20-10-24-27(13-20)21(29)26-11-16-7-19(8-17(16)12-26)23-9-15-4-3-5-18(22)6-15/h3-6,10,13,16-17,19,23H,7-9,11-12H2,1-2H3/t16-,17+,19?. The molecule has 1 aliphatic heterocycles. The van der Waals surface area contributed by atoms with Crippen LogP contribution in [0.4, 0.5) is 10.5 Å². The molecule has 1 aromatic carbocycles. The lowest BCUT2D eigenvalue weighted by Gasteiger charge is -2.19. The zero-order valence-corrected chi connectivity index (χ0v) is 17.5. The van der Waals surface area contributed by atoms with E-state index in [1.165, 1.54) is 22.1 Å². The maximum atomic E-state index is 12.8. The fourth-order valence-electron chi connectivity index (χ4n) is 4.45. The Morgan fingerprint density at radius 2 is 2.00 bits per heavy atom. The van der Waals surface area contributed by atoms with Gasteiger partial charge in [-0.15, -0.1) is 0 Å². The van der Waals surface area contributed by atoms with Crippen LogP contribution in [0.25, 0.3) is 0 Å². The van der Waals surface area contributed by atoms with Gasteiger partial charge >= 0.3 is 6.03 Å². The number of fused-ring (bicyclic) bond motifs is 1. The van der Waals surface area contributed by atoms with Gasteiger partial charge in [-0.3, -0.25) is 4.79 Å². The van der Waals surface area contributed by atoms with Gasteiger partial charge in [0.1, 0.15) is 0 Å². The average Bonchev–Trinajstić information content (AvgIpc) is 3.40. The van der Waals surface area contributed by atoms with Crippen LogP contribution < -0.4 is 10.2 Å². The second-order valence-electron chi connectivity index (χ2n) is 8.11. The average molecular weight is 416 g/mol. The Balaban J connectivity index is 1.30. The zero-order chi connectivity index (χ0) is 20.5. The molecule has 154 valence electrons. The monoisotopic (exact) mass is 415 g/mol. The Kier molecular flexibility index (Phi) is 5.61. The summed E-state index contributed by atoms with van der Waals surface area (Å²) in [6, 6.07) is 8.29. The Morgan fingerprint density at radius 3 is 2.66 bits per heavy atom. The van der Waals surface area contributed by atoms with Crippen molar-refractivity contribution in [3.8, 4) is 0 Å². The van der Waals surface area contributed by atoms with Crippen molar-refractivity contribution in [2.75, 3.05) is 25.0 Å². The molecule has 2 heterocycles. The van der Waals surface area contributed by atoms with Gasteiger partial charge < -0.3 is 15.1 Å². The first kappa shape index (κ1) is 19.9. The highest BCUT2D eigenvalue weighted by molar-refractivity contribution is 6.30. The highest BCUT2D eigenvalue weighted by atomic mass is 35.5. The van der Waals surface area contributed by atoms with Crippen LogP contribution >= 0.6 is 11.6 Å². The third kappa shape index (κ3) is 4.31. The molecule has 3 atom stereocenters. The van der Waals surface area contributed by atoms with E-state index in [1.54, 1.807) is 19.4 Å². The first-order chi connectivity index (χ1) is 13.9. The van der Waals surface area contributed by atoms with Crippen LogP contribution in [0.5, 0.6) is 0 Å². The number of amides is 2. The van der Waals surface area contributed by atoms with Gasteiger partial charge in [-0.05, 0) is 42.4 Å². The van der Waals surface area contributed by atoms with Gasteiger partial charge in [-0.1, -0.05) is 23.7 Å². The SMILES string of the molecule is CC(=O)N(C)c1cnn(C(=O)N2C[C@H]3CC(NCc4cccc(Cl)c4)C[C@H]3C2)c1. The first-order valence-corrected chi connectivity index (χ1v) is 10.3. The van der Waals surface area contributed by atoms with Crippen LogP contribution in [-0.4, -0.2) is 52.8 Å². The molecule has 1 N–H and O–H groups in total. The Hall–Kier alpha value is -2.38. The van der Waals surface area contributed by atoms with E-state index in [2.05, 4.69) is 16.5 Å². The van der Waals surface area contributed by atoms with Crippen molar-refractivity contribution in [2.45, 2.75) is 32.4 Å². The lowest BCUT2D eigenvalue weighted by atomic mass is 10.0. The van der Waals surface area contributed by atoms with Crippen LogP contribution in [0.2, 0.25) is 5.02 Å². The smallest absolute Gasteiger partial charge is 0.322 e. The Bertz CT molecular complexity index is 900. The molecule has 1 unspecified atom stereocenters. The van der Waals surface area contributed by atoms with Crippen molar-refractivity contribution in [1.82, 2.24) is 20.0 Å². The molecular formula is C21H26ClN5O2. The number of anilines is 1. The summed E-state index contributed by atoms with van der Waals surface area (Å²) >= 11 is 6.06. The van der Waals surface area contributed by atoms with Crippen LogP contribution in [-0.2, 0) is 11.3 Å². The van der Waals surface area contributed by atoms with E-state index in [9.17, 15) is 9.59 Å². The summed E-state index contributed by atoms with van der Waals surface area (Å²) in [4.78, 5) is 27.6. The van der Waals surface area contributed by atoms with Gasteiger partial charge in [-0.25, -0.2) is 4.79 Å². The Labute approximate surface area is 175 Å². The Morgan fingerprint density at radius 1 is 1.28 bits per heavy atom. The van der Waals surface area contributed by atoms with Crippen molar-refractivity contribution >= 4 is 29.2 Å². The fourth-order valence-corrected chi connectivity index (χ4v) is 4.66. The van der Waals surface area contributed by atoms with E-state index in [0.717, 1.165) is 37.5 Å². The van der Waals surface area contributed by atoms with Crippen LogP contribution in [0.15, 0.2) is 36.7 Å². The summed E-state index contributed by atoms with van der Waals surface area (Å²) < 4.78 is 1.34. The molecule has 1 saturated heterocycles. The van der Waals surface area contributed by atoms with Gasteiger partial charge in [0.15, 0.2) is 0 Å². The molecule has 1 saturated carbocycles. The predicted molar refractivity (Wildman–Crippen MR) is 112 cm³/mol. The number of hydrogen-bond acceptors (Lipinski definition) is 4. The third-order valence-corrected chi connectivity index (χ3v) is 6.37. The normalized spacial score (nSPS) is 23.3. The lowest BCUT2D eigenvalue weighted by molar-refractivity contribution is -0.116. The summed E-state index contributed by atoms with van der Waals surface area (Å²) in [5, 5.41) is 8.55. The number of nitrogens with one attached hydrogen (secondary N) is 1. The molecular weight excluding hydrogens is 390 g/mol. The molecule has 0 radical (unpaired) electrons. The number of aromatic nitrogens is 2. The summed E-state index contributed by atoms with van der Waals surface area (Å²) in [7, 11) is 1.67. The number of carbonyl (C=O) groups excluding carboxylic acids is 2. The molecule has 7 nitrogen and oxygen atoms in total. The van der Waals surface area contributed by atoms with Crippen LogP contribution in [0.3, 0.4) is 0 Å². The molecule has 0 spiro atoms. The molecule has 2 amide bonds. The minimum absolute atomic E-state index is 0.0935. The van der Waals surface area contributed by atoms with Crippen molar-refractivity contribution in [2.24, 2.45) is 11.8 Å². The van der Waals surface area contributed by atoms with Gasteiger partial charge in [0.25, 0.3) is 0 Å². The topological polar surface area (TPSA) is 70.5 Å². The molecule has 2 aliphatic rings. The minimum Gasteiger partial charge on any atom is -0.322 e. The molecule has 29 heavy (non-hydrogen) atoms.